The largest absolute Gasteiger partial charge is 0.512 e. The maximum Gasteiger partial charge on any atom is 0.238 e. The average Bonchev–Trinajstić information content (AvgIpc) is 2.44. The maximum atomic E-state index is 11.8. The molecule has 5 N–H and O–H groups in total. The van der Waals surface area contributed by atoms with Crippen LogP contribution in [0.2, 0.25) is 0 Å². The van der Waals surface area contributed by atoms with Gasteiger partial charge < -0.3 is 10.4 Å². The number of thioether (sulfide) groups is 1. The monoisotopic (exact) mass is 354 g/mol. The zero-order chi connectivity index (χ0) is 17.0. The quantitative estimate of drug-likeness (QED) is 0.642. The molecule has 1 aromatic rings. The minimum absolute atomic E-state index is 0.0338. The number of benzene rings is 1. The molecule has 0 unspecified atom stereocenters. The van der Waals surface area contributed by atoms with Crippen molar-refractivity contribution in [3.8, 4) is 0 Å². The molecule has 1 heterocycles. The van der Waals surface area contributed by atoms with Gasteiger partial charge >= 0.3 is 0 Å². The van der Waals surface area contributed by atoms with Gasteiger partial charge in [-0.25, -0.2) is 18.5 Å². The van der Waals surface area contributed by atoms with Crippen LogP contribution in [0.3, 0.4) is 0 Å². The molecule has 122 valence electrons. The molecule has 0 bridgehead atoms. The summed E-state index contributed by atoms with van der Waals surface area (Å²) in [7, 11) is -3.76. The van der Waals surface area contributed by atoms with Crippen molar-refractivity contribution in [1.82, 2.24) is 0 Å². The molecule has 0 atom stereocenters. The number of amides is 1. The van der Waals surface area contributed by atoms with Crippen LogP contribution >= 0.6 is 11.8 Å². The Morgan fingerprint density at radius 2 is 2.04 bits per heavy atom. The van der Waals surface area contributed by atoms with Gasteiger partial charge in [0.05, 0.1) is 22.1 Å². The predicted molar refractivity (Wildman–Crippen MR) is 89.4 cm³/mol. The van der Waals surface area contributed by atoms with Gasteiger partial charge in [-0.2, -0.15) is 0 Å². The first-order valence-corrected chi connectivity index (χ1v) is 8.88. The number of anilines is 1. The smallest absolute Gasteiger partial charge is 0.238 e. The lowest BCUT2D eigenvalue weighted by Crippen LogP contribution is -2.17. The number of aliphatic hydroxyl groups is 1. The highest BCUT2D eigenvalue weighted by Crippen LogP contribution is 2.18. The van der Waals surface area contributed by atoms with E-state index in [0.29, 0.717) is 10.7 Å². The zero-order valence-corrected chi connectivity index (χ0v) is 13.4. The average molecular weight is 354 g/mol. The first kappa shape index (κ1) is 17.2. The fourth-order valence-corrected chi connectivity index (χ4v) is 3.03. The van der Waals surface area contributed by atoms with Gasteiger partial charge in [0.15, 0.2) is 0 Å². The van der Waals surface area contributed by atoms with E-state index in [4.69, 9.17) is 10.5 Å². The Balaban J connectivity index is 1.89. The lowest BCUT2D eigenvalue weighted by Gasteiger charge is -2.10. The van der Waals surface area contributed by atoms with Crippen LogP contribution in [0.1, 0.15) is 6.42 Å². The van der Waals surface area contributed by atoms with Gasteiger partial charge in [0, 0.05) is 11.8 Å². The Kier molecular flexibility index (Phi) is 5.19. The molecule has 0 saturated carbocycles. The van der Waals surface area contributed by atoms with Crippen LogP contribution in [0.5, 0.6) is 0 Å². The number of dihydropyridines is 1. The van der Waals surface area contributed by atoms with E-state index in [-0.39, 0.29) is 34.6 Å². The summed E-state index contributed by atoms with van der Waals surface area (Å²) in [6, 6.07) is 5.47. The number of rotatable bonds is 4. The van der Waals surface area contributed by atoms with Crippen molar-refractivity contribution in [1.29, 1.82) is 5.41 Å². The third-order valence-electron chi connectivity index (χ3n) is 2.72. The summed E-state index contributed by atoms with van der Waals surface area (Å²) in [5, 5.41) is 24.9. The first-order chi connectivity index (χ1) is 10.7. The summed E-state index contributed by atoms with van der Waals surface area (Å²) in [5.41, 5.74) is 0.434. The molecular weight excluding hydrogens is 340 g/mol. The van der Waals surface area contributed by atoms with Crippen molar-refractivity contribution in [3.05, 3.63) is 36.1 Å². The Morgan fingerprint density at radius 1 is 1.39 bits per heavy atom. The van der Waals surface area contributed by atoms with E-state index in [9.17, 15) is 18.3 Å². The second-order valence-electron chi connectivity index (χ2n) is 4.61. The number of primary sulfonamides is 1. The van der Waals surface area contributed by atoms with E-state index in [0.717, 1.165) is 11.8 Å². The van der Waals surface area contributed by atoms with Crippen molar-refractivity contribution in [2.75, 3.05) is 11.1 Å². The fourth-order valence-electron chi connectivity index (χ4n) is 1.73. The summed E-state index contributed by atoms with van der Waals surface area (Å²) in [4.78, 5) is 15.7. The van der Waals surface area contributed by atoms with Gasteiger partial charge in [-0.15, -0.1) is 11.8 Å². The molecule has 0 spiro atoms. The maximum absolute atomic E-state index is 11.8. The normalized spacial score (nSPS) is 14.9. The summed E-state index contributed by atoms with van der Waals surface area (Å²) in [6.45, 7) is 0. The number of allylic oxidation sites excluding steroid dienone is 1. The van der Waals surface area contributed by atoms with E-state index >= 15 is 0 Å². The number of sulfonamides is 1. The van der Waals surface area contributed by atoms with Gasteiger partial charge in [0.1, 0.15) is 11.6 Å². The highest BCUT2D eigenvalue weighted by molar-refractivity contribution is 8.14. The molecule has 0 radical (unpaired) electrons. The minimum atomic E-state index is -3.76. The van der Waals surface area contributed by atoms with Crippen LogP contribution in [0.25, 0.3) is 0 Å². The zero-order valence-electron chi connectivity index (χ0n) is 11.8. The van der Waals surface area contributed by atoms with Crippen LogP contribution in [-0.2, 0) is 14.8 Å². The molecule has 23 heavy (non-hydrogen) atoms. The van der Waals surface area contributed by atoms with Crippen molar-refractivity contribution in [2.45, 2.75) is 11.3 Å². The molecule has 0 saturated heterocycles. The van der Waals surface area contributed by atoms with Gasteiger partial charge in [-0.3, -0.25) is 10.2 Å². The first-order valence-electron chi connectivity index (χ1n) is 6.35. The van der Waals surface area contributed by atoms with Crippen molar-refractivity contribution < 1.29 is 18.3 Å². The molecule has 0 fully saturated rings. The lowest BCUT2D eigenvalue weighted by atomic mass is 10.3. The summed E-state index contributed by atoms with van der Waals surface area (Å²) < 4.78 is 22.3. The van der Waals surface area contributed by atoms with E-state index in [2.05, 4.69) is 10.3 Å². The van der Waals surface area contributed by atoms with Crippen LogP contribution in [0.15, 0.2) is 46.0 Å². The third kappa shape index (κ3) is 5.20. The summed E-state index contributed by atoms with van der Waals surface area (Å²) >= 11 is 1.12. The molecule has 10 heteroatoms. The highest BCUT2D eigenvalue weighted by atomic mass is 32.2. The topological polar surface area (TPSA) is 146 Å². The molecule has 1 aliphatic heterocycles. The highest BCUT2D eigenvalue weighted by Gasteiger charge is 2.13. The lowest BCUT2D eigenvalue weighted by molar-refractivity contribution is -0.113. The van der Waals surface area contributed by atoms with Crippen LogP contribution in [-0.4, -0.2) is 36.1 Å². The number of amidine groups is 1. The van der Waals surface area contributed by atoms with Gasteiger partial charge in [-0.05, 0) is 24.3 Å². The SMILES string of the molecule is N=C1C=C(O)CC(SCC(=O)Nc2ccc(S(N)(=O)=O)cc2)=N1. The minimum Gasteiger partial charge on any atom is -0.512 e. The Hall–Kier alpha value is -2.17. The second kappa shape index (κ2) is 6.94. The number of carbonyl (C=O) groups excluding carboxylic acids is 1. The van der Waals surface area contributed by atoms with Crippen LogP contribution in [0, 0.1) is 5.41 Å². The molecule has 1 aromatic carbocycles. The Morgan fingerprint density at radius 3 is 2.61 bits per heavy atom. The van der Waals surface area contributed by atoms with Crippen molar-refractivity contribution in [3.63, 3.8) is 0 Å². The second-order valence-corrected chi connectivity index (χ2v) is 7.22. The van der Waals surface area contributed by atoms with Gasteiger partial charge in [0.25, 0.3) is 0 Å². The Bertz CT molecular complexity index is 798. The van der Waals surface area contributed by atoms with Crippen LogP contribution in [0.4, 0.5) is 5.69 Å². The number of carbonyl (C=O) groups is 1. The van der Waals surface area contributed by atoms with E-state index < -0.39 is 10.0 Å². The number of aliphatic hydroxyl groups excluding tert-OH is 1. The van der Waals surface area contributed by atoms with Gasteiger partial charge in [-0.1, -0.05) is 0 Å². The molecule has 0 aromatic heterocycles. The molecule has 0 aliphatic carbocycles. The third-order valence-corrected chi connectivity index (χ3v) is 4.62. The van der Waals surface area contributed by atoms with Crippen LogP contribution < -0.4 is 10.5 Å². The molecule has 1 amide bonds. The van der Waals surface area contributed by atoms with E-state index in [1.54, 1.807) is 0 Å². The number of nitrogens with one attached hydrogen (secondary N) is 2. The number of hydrogen-bond acceptors (Lipinski definition) is 6. The summed E-state index contributed by atoms with van der Waals surface area (Å²) in [6.07, 6.45) is 1.45. The molecular formula is C13H14N4O4S2. The number of hydrogen-bond donors (Lipinski definition) is 4. The Labute approximate surface area is 137 Å². The summed E-state index contributed by atoms with van der Waals surface area (Å²) in [5.74, 6) is -0.292. The number of nitrogens with two attached hydrogens (primary N) is 1. The van der Waals surface area contributed by atoms with E-state index in [1.807, 2.05) is 0 Å². The molecule has 1 aliphatic rings. The van der Waals surface area contributed by atoms with E-state index in [1.165, 1.54) is 30.3 Å². The van der Waals surface area contributed by atoms with Gasteiger partial charge in [0.2, 0.25) is 15.9 Å². The molecule has 2 rings (SSSR count). The predicted octanol–water partition coefficient (Wildman–Crippen LogP) is 1.23. The molecule has 8 nitrogen and oxygen atoms in total. The number of aliphatic imine (C=N–C) groups is 1. The standard InChI is InChI=1S/C13H14N4O4S2/c14-11-5-9(18)6-13(17-11)22-7-12(19)16-8-1-3-10(4-2-8)23(15,20)21/h1-5,14,18H,6-7H2,(H,16,19)(H2,15,20,21). The van der Waals surface area contributed by atoms with Crippen molar-refractivity contribution >= 4 is 44.3 Å². The number of nitrogens with zero attached hydrogens (tertiary/aromatic N) is 1. The fraction of sp³-hybridized carbons (Fsp3) is 0.154. The van der Waals surface area contributed by atoms with Crippen molar-refractivity contribution in [2.24, 2.45) is 10.1 Å².